The van der Waals surface area contributed by atoms with Crippen LogP contribution in [0.4, 0.5) is 0 Å². The summed E-state index contributed by atoms with van der Waals surface area (Å²) in [7, 11) is 0. The molecule has 2 nitrogen and oxygen atoms in total. The smallest absolute Gasteiger partial charge is 0.0936 e. The van der Waals surface area contributed by atoms with E-state index in [2.05, 4.69) is 43.3 Å². The van der Waals surface area contributed by atoms with Gasteiger partial charge in [0.05, 0.1) is 17.9 Å². The second-order valence-corrected chi connectivity index (χ2v) is 6.36. The van der Waals surface area contributed by atoms with E-state index in [4.69, 9.17) is 4.99 Å². The molecule has 1 heterocycles. The van der Waals surface area contributed by atoms with Gasteiger partial charge in [0, 0.05) is 21.8 Å². The first kappa shape index (κ1) is 14.4. The first-order chi connectivity index (χ1) is 10.3. The Morgan fingerprint density at radius 2 is 1.81 bits per heavy atom. The molecule has 1 N–H and O–H groups in total. The van der Waals surface area contributed by atoms with Crippen LogP contribution in [0.5, 0.6) is 0 Å². The number of rotatable bonds is 3. The van der Waals surface area contributed by atoms with E-state index >= 15 is 0 Å². The minimum absolute atomic E-state index is 0.0841. The van der Waals surface area contributed by atoms with Gasteiger partial charge in [0.1, 0.15) is 0 Å². The lowest BCUT2D eigenvalue weighted by molar-refractivity contribution is 0.210. The second kappa shape index (κ2) is 6.04. The van der Waals surface area contributed by atoms with Crippen LogP contribution in [0.15, 0.2) is 64.5 Å². The number of aliphatic hydroxyl groups is 1. The summed E-state index contributed by atoms with van der Waals surface area (Å²) in [5, 5.41) is 9.89. The van der Waals surface area contributed by atoms with Gasteiger partial charge in [0.25, 0.3) is 0 Å². The molecule has 3 heteroatoms. The van der Waals surface area contributed by atoms with Crippen molar-refractivity contribution in [1.29, 1.82) is 0 Å². The molecule has 3 rings (SSSR count). The largest absolute Gasteiger partial charge is 0.394 e. The zero-order chi connectivity index (χ0) is 14.7. The lowest BCUT2D eigenvalue weighted by atomic mass is 9.97. The van der Waals surface area contributed by atoms with Crippen molar-refractivity contribution in [3.05, 3.63) is 65.7 Å². The predicted octanol–water partition coefficient (Wildman–Crippen LogP) is 3.77. The quantitative estimate of drug-likeness (QED) is 0.935. The highest BCUT2D eigenvalue weighted by Gasteiger charge is 2.31. The van der Waals surface area contributed by atoms with Crippen LogP contribution < -0.4 is 0 Å². The SMILES string of the molecule is CCC1(CO)CSc2ccccc2C(c2ccccc2)=N1. The molecular weight excluding hydrogens is 278 g/mol. The van der Waals surface area contributed by atoms with Crippen LogP contribution >= 0.6 is 11.8 Å². The van der Waals surface area contributed by atoms with Gasteiger partial charge >= 0.3 is 0 Å². The van der Waals surface area contributed by atoms with Crippen LogP contribution in [0.2, 0.25) is 0 Å². The van der Waals surface area contributed by atoms with Gasteiger partial charge in [-0.15, -0.1) is 11.8 Å². The van der Waals surface area contributed by atoms with Gasteiger partial charge in [-0.3, -0.25) is 4.99 Å². The summed E-state index contributed by atoms with van der Waals surface area (Å²) < 4.78 is 0. The number of fused-ring (bicyclic) bond motifs is 1. The number of nitrogens with zero attached hydrogens (tertiary/aromatic N) is 1. The maximum Gasteiger partial charge on any atom is 0.0936 e. The average molecular weight is 297 g/mol. The van der Waals surface area contributed by atoms with Crippen molar-refractivity contribution < 1.29 is 5.11 Å². The maximum atomic E-state index is 9.89. The highest BCUT2D eigenvalue weighted by molar-refractivity contribution is 7.99. The van der Waals surface area contributed by atoms with Gasteiger partial charge in [0.2, 0.25) is 0 Å². The summed E-state index contributed by atoms with van der Waals surface area (Å²) in [6.45, 7) is 2.18. The van der Waals surface area contributed by atoms with Crippen molar-refractivity contribution in [2.24, 2.45) is 4.99 Å². The molecule has 2 aromatic carbocycles. The third kappa shape index (κ3) is 2.76. The molecule has 0 amide bonds. The van der Waals surface area contributed by atoms with E-state index < -0.39 is 5.54 Å². The Morgan fingerprint density at radius 3 is 2.52 bits per heavy atom. The molecule has 0 saturated carbocycles. The number of thioether (sulfide) groups is 1. The standard InChI is InChI=1S/C18H19NOS/c1-2-18(12-20)13-21-16-11-7-6-10-15(16)17(19-18)14-8-4-3-5-9-14/h3-11,20H,2,12-13H2,1H3. The Kier molecular flexibility index (Phi) is 4.13. The van der Waals surface area contributed by atoms with E-state index in [9.17, 15) is 5.11 Å². The number of aliphatic hydroxyl groups excluding tert-OH is 1. The van der Waals surface area contributed by atoms with E-state index in [1.807, 2.05) is 18.2 Å². The van der Waals surface area contributed by atoms with Crippen LogP contribution in [0.3, 0.4) is 0 Å². The van der Waals surface area contributed by atoms with Gasteiger partial charge in [-0.25, -0.2) is 0 Å². The Balaban J connectivity index is 2.20. The number of hydrogen-bond acceptors (Lipinski definition) is 3. The van der Waals surface area contributed by atoms with Gasteiger partial charge in [-0.2, -0.15) is 0 Å². The van der Waals surface area contributed by atoms with E-state index in [1.54, 1.807) is 11.8 Å². The molecule has 1 aliphatic heterocycles. The topological polar surface area (TPSA) is 32.6 Å². The van der Waals surface area contributed by atoms with Crippen molar-refractivity contribution in [1.82, 2.24) is 0 Å². The van der Waals surface area contributed by atoms with Crippen molar-refractivity contribution in [2.45, 2.75) is 23.8 Å². The molecule has 0 radical (unpaired) electrons. The van der Waals surface area contributed by atoms with Gasteiger partial charge in [-0.05, 0) is 12.5 Å². The highest BCUT2D eigenvalue weighted by Crippen LogP contribution is 2.35. The van der Waals surface area contributed by atoms with E-state index in [0.29, 0.717) is 0 Å². The summed E-state index contributed by atoms with van der Waals surface area (Å²) in [6.07, 6.45) is 0.834. The molecule has 0 fully saturated rings. The average Bonchev–Trinajstić information content (AvgIpc) is 2.74. The fourth-order valence-electron chi connectivity index (χ4n) is 2.52. The molecule has 1 atom stereocenters. The molecule has 0 saturated heterocycles. The Morgan fingerprint density at radius 1 is 1.10 bits per heavy atom. The molecule has 1 unspecified atom stereocenters. The summed E-state index contributed by atoms with van der Waals surface area (Å²) in [5.74, 6) is 0.813. The third-order valence-corrected chi connectivity index (χ3v) is 5.34. The Bertz CT molecular complexity index is 647. The predicted molar refractivity (Wildman–Crippen MR) is 89.4 cm³/mol. The summed E-state index contributed by atoms with van der Waals surface area (Å²) in [6, 6.07) is 18.6. The van der Waals surface area contributed by atoms with Crippen molar-refractivity contribution in [3.63, 3.8) is 0 Å². The first-order valence-corrected chi connectivity index (χ1v) is 8.25. The van der Waals surface area contributed by atoms with Crippen molar-refractivity contribution >= 4 is 17.5 Å². The Hall–Kier alpha value is -1.58. The second-order valence-electron chi connectivity index (χ2n) is 5.35. The van der Waals surface area contributed by atoms with Crippen LogP contribution in [0.25, 0.3) is 0 Å². The fourth-order valence-corrected chi connectivity index (χ4v) is 3.80. The molecule has 108 valence electrons. The number of hydrogen-bond donors (Lipinski definition) is 1. The van der Waals surface area contributed by atoms with Crippen LogP contribution in [-0.2, 0) is 0 Å². The van der Waals surface area contributed by atoms with Gasteiger partial charge in [-0.1, -0.05) is 55.5 Å². The normalized spacial score (nSPS) is 21.3. The molecular formula is C18H19NOS. The van der Waals surface area contributed by atoms with Gasteiger partial charge < -0.3 is 5.11 Å². The monoisotopic (exact) mass is 297 g/mol. The van der Waals surface area contributed by atoms with Crippen LogP contribution in [0.1, 0.15) is 24.5 Å². The molecule has 2 aromatic rings. The number of aliphatic imine (C=N–C) groups is 1. The minimum atomic E-state index is -0.394. The van der Waals surface area contributed by atoms with Crippen LogP contribution in [-0.4, -0.2) is 28.7 Å². The van der Waals surface area contributed by atoms with E-state index in [-0.39, 0.29) is 6.61 Å². The lowest BCUT2D eigenvalue weighted by Gasteiger charge is -2.25. The third-order valence-electron chi connectivity index (χ3n) is 3.99. The minimum Gasteiger partial charge on any atom is -0.394 e. The maximum absolute atomic E-state index is 9.89. The van der Waals surface area contributed by atoms with Crippen molar-refractivity contribution in [3.8, 4) is 0 Å². The van der Waals surface area contributed by atoms with Gasteiger partial charge in [0.15, 0.2) is 0 Å². The fraction of sp³-hybridized carbons (Fsp3) is 0.278. The summed E-state index contributed by atoms with van der Waals surface area (Å²) >= 11 is 1.79. The zero-order valence-corrected chi connectivity index (χ0v) is 12.9. The zero-order valence-electron chi connectivity index (χ0n) is 12.1. The molecule has 21 heavy (non-hydrogen) atoms. The number of benzene rings is 2. The first-order valence-electron chi connectivity index (χ1n) is 7.26. The van der Waals surface area contributed by atoms with E-state index in [1.165, 1.54) is 4.90 Å². The van der Waals surface area contributed by atoms with E-state index in [0.717, 1.165) is 29.0 Å². The molecule has 1 aliphatic rings. The van der Waals surface area contributed by atoms with Crippen molar-refractivity contribution in [2.75, 3.05) is 12.4 Å². The molecule has 0 aliphatic carbocycles. The summed E-state index contributed by atoms with van der Waals surface area (Å²) in [4.78, 5) is 6.24. The molecule has 0 aromatic heterocycles. The highest BCUT2D eigenvalue weighted by atomic mass is 32.2. The summed E-state index contributed by atoms with van der Waals surface area (Å²) in [5.41, 5.74) is 2.87. The Labute approximate surface area is 129 Å². The molecule has 0 bridgehead atoms. The lowest BCUT2D eigenvalue weighted by Crippen LogP contribution is -2.34. The molecule has 0 spiro atoms. The van der Waals surface area contributed by atoms with Crippen LogP contribution in [0, 0.1) is 0 Å².